The lowest BCUT2D eigenvalue weighted by Gasteiger charge is -2.23. The number of carbonyl (C=O) groups excluding carboxylic acids is 2. The quantitative estimate of drug-likeness (QED) is 0.665. The molecule has 1 aliphatic rings. The van der Waals surface area contributed by atoms with E-state index < -0.39 is 0 Å². The van der Waals surface area contributed by atoms with Gasteiger partial charge in [0.15, 0.2) is 11.5 Å². The minimum Gasteiger partial charge on any atom is -0.489 e. The number of carbonyl (C=O) groups is 2. The van der Waals surface area contributed by atoms with Crippen molar-refractivity contribution in [2.45, 2.75) is 39.2 Å². The zero-order valence-electron chi connectivity index (χ0n) is 16.3. The summed E-state index contributed by atoms with van der Waals surface area (Å²) in [7, 11) is 0. The van der Waals surface area contributed by atoms with Crippen LogP contribution >= 0.6 is 0 Å². The molecule has 4 rings (SSSR count). The number of ether oxygens (including phenoxy) is 1. The summed E-state index contributed by atoms with van der Waals surface area (Å²) >= 11 is 0. The number of nitrogens with one attached hydrogen (secondary N) is 2. The van der Waals surface area contributed by atoms with Crippen LogP contribution in [0.15, 0.2) is 36.9 Å². The lowest BCUT2D eigenvalue weighted by atomic mass is 9.85. The number of pyridine rings is 1. The van der Waals surface area contributed by atoms with E-state index in [2.05, 4.69) is 25.7 Å². The van der Waals surface area contributed by atoms with Gasteiger partial charge in [0.1, 0.15) is 11.4 Å². The standard InChI is InChI=1S/C20H22N6O3/c1-12(2)29-16-7-8-21-10-15(16)24-20(28)14-6-9-23-26-17(11-22-18(14)26)25-19(27)13-4-3-5-13/h6-13H,3-5H2,1-2H3,(H,24,28)(H,25,27). The molecule has 0 atom stereocenters. The molecule has 3 aromatic rings. The molecule has 2 amide bonds. The normalized spacial score (nSPS) is 13.9. The molecule has 0 aromatic carbocycles. The highest BCUT2D eigenvalue weighted by molar-refractivity contribution is 6.09. The number of rotatable bonds is 6. The second kappa shape index (κ2) is 7.86. The van der Waals surface area contributed by atoms with Crippen LogP contribution in [-0.2, 0) is 4.79 Å². The van der Waals surface area contributed by atoms with Gasteiger partial charge in [0.25, 0.3) is 5.91 Å². The summed E-state index contributed by atoms with van der Waals surface area (Å²) in [6.45, 7) is 3.81. The monoisotopic (exact) mass is 394 g/mol. The molecule has 1 saturated carbocycles. The molecule has 1 aliphatic carbocycles. The molecule has 3 heterocycles. The van der Waals surface area contributed by atoms with Gasteiger partial charge in [-0.25, -0.2) is 4.98 Å². The molecule has 0 bridgehead atoms. The molecule has 0 saturated heterocycles. The molecule has 0 spiro atoms. The van der Waals surface area contributed by atoms with Crippen LogP contribution in [0.1, 0.15) is 43.5 Å². The average molecular weight is 394 g/mol. The van der Waals surface area contributed by atoms with Crippen LogP contribution in [0, 0.1) is 5.92 Å². The zero-order valence-corrected chi connectivity index (χ0v) is 16.3. The minimum absolute atomic E-state index is 0.0389. The van der Waals surface area contributed by atoms with E-state index in [1.54, 1.807) is 18.3 Å². The lowest BCUT2D eigenvalue weighted by molar-refractivity contribution is -0.122. The predicted octanol–water partition coefficient (Wildman–Crippen LogP) is 2.90. The van der Waals surface area contributed by atoms with Crippen molar-refractivity contribution in [3.05, 3.63) is 42.5 Å². The smallest absolute Gasteiger partial charge is 0.259 e. The Kier molecular flexibility index (Phi) is 5.11. The van der Waals surface area contributed by atoms with E-state index in [0.717, 1.165) is 19.3 Å². The third-order valence-electron chi connectivity index (χ3n) is 4.77. The van der Waals surface area contributed by atoms with Crippen LogP contribution in [0.4, 0.5) is 11.5 Å². The number of nitrogens with zero attached hydrogens (tertiary/aromatic N) is 4. The summed E-state index contributed by atoms with van der Waals surface area (Å²) < 4.78 is 7.18. The van der Waals surface area contributed by atoms with Gasteiger partial charge in [-0.3, -0.25) is 14.6 Å². The van der Waals surface area contributed by atoms with Crippen molar-refractivity contribution >= 4 is 29.0 Å². The van der Waals surface area contributed by atoms with Crippen LogP contribution in [0.3, 0.4) is 0 Å². The summed E-state index contributed by atoms with van der Waals surface area (Å²) in [5, 5.41) is 9.89. The van der Waals surface area contributed by atoms with Gasteiger partial charge in [-0.05, 0) is 32.8 Å². The molecule has 29 heavy (non-hydrogen) atoms. The van der Waals surface area contributed by atoms with Gasteiger partial charge in [0.2, 0.25) is 5.91 Å². The first-order valence-electron chi connectivity index (χ1n) is 9.58. The molecule has 0 radical (unpaired) electrons. The number of anilines is 2. The Morgan fingerprint density at radius 1 is 1.17 bits per heavy atom. The topological polar surface area (TPSA) is 111 Å². The molecule has 0 unspecified atom stereocenters. The van der Waals surface area contributed by atoms with E-state index in [4.69, 9.17) is 4.74 Å². The van der Waals surface area contributed by atoms with Crippen LogP contribution in [-0.4, -0.2) is 37.5 Å². The van der Waals surface area contributed by atoms with Gasteiger partial charge in [0, 0.05) is 24.4 Å². The summed E-state index contributed by atoms with van der Waals surface area (Å²) in [4.78, 5) is 33.5. The molecule has 3 aromatic heterocycles. The van der Waals surface area contributed by atoms with Crippen molar-refractivity contribution in [1.29, 1.82) is 0 Å². The zero-order chi connectivity index (χ0) is 20.4. The highest BCUT2D eigenvalue weighted by Gasteiger charge is 2.26. The molecular formula is C20H22N6O3. The maximum atomic E-state index is 12.9. The first-order valence-corrected chi connectivity index (χ1v) is 9.58. The van der Waals surface area contributed by atoms with Gasteiger partial charge in [-0.15, -0.1) is 0 Å². The van der Waals surface area contributed by atoms with Gasteiger partial charge in [0.05, 0.1) is 24.1 Å². The Hall–Kier alpha value is -3.49. The Labute approximate surface area is 167 Å². The van der Waals surface area contributed by atoms with Crippen LogP contribution in [0.5, 0.6) is 5.75 Å². The van der Waals surface area contributed by atoms with E-state index in [9.17, 15) is 9.59 Å². The van der Waals surface area contributed by atoms with Crippen LogP contribution < -0.4 is 15.4 Å². The van der Waals surface area contributed by atoms with Gasteiger partial charge in [-0.2, -0.15) is 9.61 Å². The third kappa shape index (κ3) is 3.89. The fourth-order valence-corrected chi connectivity index (χ4v) is 3.08. The summed E-state index contributed by atoms with van der Waals surface area (Å²) in [6.07, 6.45) is 8.96. The average Bonchev–Trinajstić information content (AvgIpc) is 3.04. The maximum absolute atomic E-state index is 12.9. The van der Waals surface area contributed by atoms with E-state index in [1.165, 1.54) is 23.1 Å². The highest BCUT2D eigenvalue weighted by Crippen LogP contribution is 2.28. The van der Waals surface area contributed by atoms with Gasteiger partial charge < -0.3 is 15.4 Å². The van der Waals surface area contributed by atoms with Gasteiger partial charge in [-0.1, -0.05) is 6.42 Å². The van der Waals surface area contributed by atoms with Crippen molar-refractivity contribution in [2.75, 3.05) is 10.6 Å². The summed E-state index contributed by atoms with van der Waals surface area (Å²) in [6, 6.07) is 3.27. The van der Waals surface area contributed by atoms with Crippen molar-refractivity contribution in [3.8, 4) is 5.75 Å². The van der Waals surface area contributed by atoms with Gasteiger partial charge >= 0.3 is 0 Å². The van der Waals surface area contributed by atoms with E-state index in [0.29, 0.717) is 28.5 Å². The van der Waals surface area contributed by atoms with E-state index in [1.807, 2.05) is 13.8 Å². The Morgan fingerprint density at radius 3 is 2.72 bits per heavy atom. The number of aromatic nitrogens is 4. The minimum atomic E-state index is -0.374. The largest absolute Gasteiger partial charge is 0.489 e. The summed E-state index contributed by atoms with van der Waals surface area (Å²) in [5.74, 6) is 0.598. The molecule has 150 valence electrons. The van der Waals surface area contributed by atoms with E-state index in [-0.39, 0.29) is 23.8 Å². The Bertz CT molecular complexity index is 1060. The highest BCUT2D eigenvalue weighted by atomic mass is 16.5. The summed E-state index contributed by atoms with van der Waals surface area (Å²) in [5.41, 5.74) is 1.14. The fourth-order valence-electron chi connectivity index (χ4n) is 3.08. The van der Waals surface area contributed by atoms with Crippen molar-refractivity contribution in [1.82, 2.24) is 19.6 Å². The number of imidazole rings is 1. The fraction of sp³-hybridized carbons (Fsp3) is 0.350. The molecular weight excluding hydrogens is 372 g/mol. The second-order valence-corrected chi connectivity index (χ2v) is 7.23. The van der Waals surface area contributed by atoms with Crippen LogP contribution in [0.25, 0.3) is 5.65 Å². The molecule has 9 heteroatoms. The number of amides is 2. The second-order valence-electron chi connectivity index (χ2n) is 7.23. The van der Waals surface area contributed by atoms with Crippen molar-refractivity contribution < 1.29 is 14.3 Å². The molecule has 9 nitrogen and oxygen atoms in total. The Balaban J connectivity index is 1.58. The molecule has 0 aliphatic heterocycles. The van der Waals surface area contributed by atoms with E-state index >= 15 is 0 Å². The number of hydrogen-bond donors (Lipinski definition) is 2. The number of fused-ring (bicyclic) bond motifs is 1. The first-order chi connectivity index (χ1) is 14.0. The molecule has 2 N–H and O–H groups in total. The first kappa shape index (κ1) is 18.9. The SMILES string of the molecule is CC(C)Oc1ccncc1NC(=O)c1ccnn2c(NC(=O)C3CCC3)cnc12. The van der Waals surface area contributed by atoms with Crippen molar-refractivity contribution in [2.24, 2.45) is 5.92 Å². The third-order valence-corrected chi connectivity index (χ3v) is 4.77. The van der Waals surface area contributed by atoms with Crippen LogP contribution in [0.2, 0.25) is 0 Å². The Morgan fingerprint density at radius 2 is 2.00 bits per heavy atom. The molecule has 1 fully saturated rings. The number of hydrogen-bond acceptors (Lipinski definition) is 6. The predicted molar refractivity (Wildman–Crippen MR) is 107 cm³/mol. The lowest BCUT2D eigenvalue weighted by Crippen LogP contribution is -2.28. The maximum Gasteiger partial charge on any atom is 0.259 e. The van der Waals surface area contributed by atoms with Crippen molar-refractivity contribution in [3.63, 3.8) is 0 Å².